The number of hydrogen-bond acceptors (Lipinski definition) is 6. The number of carboxylic acids is 1. The number of amides is 1. The Bertz CT molecular complexity index is 1290. The van der Waals surface area contributed by atoms with Crippen molar-refractivity contribution in [2.24, 2.45) is 5.41 Å². The summed E-state index contributed by atoms with van der Waals surface area (Å²) >= 11 is 12.2. The summed E-state index contributed by atoms with van der Waals surface area (Å²) in [4.78, 5) is 43.2. The standard InChI is InChI=1S/C26H29Cl2F3N4O5/c1-24(2)8-15(40-24)12-34(13-19(36)20-17(27)10-32-11-18(20)28)22(37)16-9-33-35(21(16)26(29,30)31)14-4-6-25(3,7-5-14)23(38)39/h9-11,14-15H,4-8,12-13H2,1-3H3,(H,38,39)/t14?,15-,25?/m1/s1. The van der Waals surface area contributed by atoms with Crippen LogP contribution in [0.25, 0.3) is 0 Å². The van der Waals surface area contributed by atoms with E-state index in [1.54, 1.807) is 6.92 Å². The molecule has 2 aliphatic rings. The van der Waals surface area contributed by atoms with Gasteiger partial charge in [-0.3, -0.25) is 24.0 Å². The number of Topliss-reactive ketones (excluding diaryl/α,β-unsaturated/α-hetero) is 1. The second-order valence-electron chi connectivity index (χ2n) is 11.2. The van der Waals surface area contributed by atoms with Crippen molar-refractivity contribution in [3.63, 3.8) is 0 Å². The van der Waals surface area contributed by atoms with Gasteiger partial charge in [0.15, 0.2) is 11.5 Å². The zero-order valence-electron chi connectivity index (χ0n) is 22.1. The number of carbonyl (C=O) groups excluding carboxylic acids is 2. The summed E-state index contributed by atoms with van der Waals surface area (Å²) in [5, 5.41) is 13.3. The van der Waals surface area contributed by atoms with Gasteiger partial charge in [-0.25, -0.2) is 0 Å². The number of aromatic nitrogens is 3. The van der Waals surface area contributed by atoms with Gasteiger partial charge >= 0.3 is 12.1 Å². The SMILES string of the molecule is CC1(C)C[C@H](CN(CC(=O)c2c(Cl)cncc2Cl)C(=O)c2cnn(C3CCC(C)(C(=O)O)CC3)c2C(F)(F)F)O1. The number of pyridine rings is 1. The molecule has 1 amide bonds. The molecule has 3 heterocycles. The predicted molar refractivity (Wildman–Crippen MR) is 139 cm³/mol. The van der Waals surface area contributed by atoms with Crippen LogP contribution in [-0.2, 0) is 15.7 Å². The van der Waals surface area contributed by atoms with Crippen LogP contribution in [0.3, 0.4) is 0 Å². The summed E-state index contributed by atoms with van der Waals surface area (Å²) in [6.07, 6.45) is -1.04. The van der Waals surface area contributed by atoms with Crippen molar-refractivity contribution in [3.05, 3.63) is 45.5 Å². The molecule has 0 unspecified atom stereocenters. The van der Waals surface area contributed by atoms with E-state index >= 15 is 0 Å². The van der Waals surface area contributed by atoms with E-state index in [2.05, 4.69) is 10.1 Å². The minimum absolute atomic E-state index is 0.0552. The Kier molecular flexibility index (Phi) is 8.28. The lowest BCUT2D eigenvalue weighted by Gasteiger charge is -2.44. The third kappa shape index (κ3) is 6.13. The van der Waals surface area contributed by atoms with Gasteiger partial charge in [-0.1, -0.05) is 23.2 Å². The van der Waals surface area contributed by atoms with Crippen molar-refractivity contribution in [2.45, 2.75) is 76.8 Å². The molecule has 1 aliphatic heterocycles. The van der Waals surface area contributed by atoms with Crippen molar-refractivity contribution in [2.75, 3.05) is 13.1 Å². The molecule has 40 heavy (non-hydrogen) atoms. The molecule has 4 rings (SSSR count). The van der Waals surface area contributed by atoms with Crippen LogP contribution in [0.5, 0.6) is 0 Å². The van der Waals surface area contributed by atoms with Crippen LogP contribution < -0.4 is 0 Å². The van der Waals surface area contributed by atoms with Crippen molar-refractivity contribution in [3.8, 4) is 0 Å². The Morgan fingerprint density at radius 3 is 2.20 bits per heavy atom. The summed E-state index contributed by atoms with van der Waals surface area (Å²) in [5.74, 6) is -2.73. The minimum atomic E-state index is -4.95. The maximum absolute atomic E-state index is 14.4. The maximum atomic E-state index is 14.4. The lowest BCUT2D eigenvalue weighted by atomic mass is 9.74. The predicted octanol–water partition coefficient (Wildman–Crippen LogP) is 5.70. The first kappa shape index (κ1) is 30.3. The van der Waals surface area contributed by atoms with Crippen LogP contribution >= 0.6 is 23.2 Å². The largest absolute Gasteiger partial charge is 0.481 e. The van der Waals surface area contributed by atoms with Crippen molar-refractivity contribution in [1.82, 2.24) is 19.7 Å². The van der Waals surface area contributed by atoms with Gasteiger partial charge in [-0.2, -0.15) is 18.3 Å². The fourth-order valence-corrected chi connectivity index (χ4v) is 6.01. The van der Waals surface area contributed by atoms with Crippen LogP contribution in [-0.4, -0.2) is 67.2 Å². The van der Waals surface area contributed by atoms with E-state index in [4.69, 9.17) is 27.9 Å². The van der Waals surface area contributed by atoms with E-state index < -0.39 is 64.8 Å². The Morgan fingerprint density at radius 2 is 1.70 bits per heavy atom. The fourth-order valence-electron chi connectivity index (χ4n) is 5.43. The van der Waals surface area contributed by atoms with Crippen LogP contribution in [0.15, 0.2) is 18.6 Å². The van der Waals surface area contributed by atoms with Gasteiger partial charge in [-0.05, 0) is 46.5 Å². The summed E-state index contributed by atoms with van der Waals surface area (Å²) in [6, 6.07) is -0.745. The zero-order valence-corrected chi connectivity index (χ0v) is 23.6. The molecule has 9 nitrogen and oxygen atoms in total. The number of halogens is 5. The number of nitrogens with zero attached hydrogens (tertiary/aromatic N) is 4. The van der Waals surface area contributed by atoms with Crippen molar-refractivity contribution in [1.29, 1.82) is 0 Å². The summed E-state index contributed by atoms with van der Waals surface area (Å²) in [7, 11) is 0. The molecule has 1 saturated carbocycles. The zero-order chi connectivity index (χ0) is 29.6. The van der Waals surface area contributed by atoms with Gasteiger partial charge < -0.3 is 14.7 Å². The Hall–Kier alpha value is -2.70. The fraction of sp³-hybridized carbons (Fsp3) is 0.577. The normalized spacial score (nSPS) is 24.3. The average molecular weight is 605 g/mol. The number of rotatable bonds is 8. The molecule has 0 radical (unpaired) electrons. The summed E-state index contributed by atoms with van der Waals surface area (Å²) in [5.41, 5.74) is -3.55. The van der Waals surface area contributed by atoms with Crippen molar-refractivity contribution < 1.29 is 37.4 Å². The third-order valence-electron chi connectivity index (χ3n) is 7.60. The van der Waals surface area contributed by atoms with E-state index in [9.17, 15) is 32.7 Å². The lowest BCUT2D eigenvalue weighted by Crippen LogP contribution is -2.53. The van der Waals surface area contributed by atoms with Crippen LogP contribution in [0.2, 0.25) is 10.0 Å². The topological polar surface area (TPSA) is 115 Å². The quantitative estimate of drug-likeness (QED) is 0.384. The second kappa shape index (κ2) is 10.9. The van der Waals surface area contributed by atoms with Gasteiger partial charge in [0, 0.05) is 25.4 Å². The molecule has 0 bridgehead atoms. The number of alkyl halides is 3. The second-order valence-corrected chi connectivity index (χ2v) is 12.1. The highest BCUT2D eigenvalue weighted by Crippen LogP contribution is 2.43. The van der Waals surface area contributed by atoms with Crippen molar-refractivity contribution >= 4 is 40.9 Å². The smallest absolute Gasteiger partial charge is 0.433 e. The van der Waals surface area contributed by atoms with E-state index in [0.29, 0.717) is 6.42 Å². The van der Waals surface area contributed by atoms with Gasteiger partial charge in [0.1, 0.15) is 0 Å². The number of aliphatic carboxylic acids is 1. The molecule has 2 aromatic rings. The number of hydrogen-bond donors (Lipinski definition) is 1. The molecule has 1 atom stereocenters. The molecule has 1 aliphatic carbocycles. The molecule has 1 N–H and O–H groups in total. The summed E-state index contributed by atoms with van der Waals surface area (Å²) < 4.78 is 49.8. The minimum Gasteiger partial charge on any atom is -0.481 e. The van der Waals surface area contributed by atoms with E-state index in [0.717, 1.165) is 15.8 Å². The highest BCUT2D eigenvalue weighted by atomic mass is 35.5. The Balaban J connectivity index is 1.65. The highest BCUT2D eigenvalue weighted by Gasteiger charge is 2.46. The lowest BCUT2D eigenvalue weighted by molar-refractivity contribution is -0.187. The van der Waals surface area contributed by atoms with Gasteiger partial charge in [0.2, 0.25) is 0 Å². The van der Waals surface area contributed by atoms with Gasteiger partial charge in [0.25, 0.3) is 5.91 Å². The number of ether oxygens (including phenoxy) is 1. The summed E-state index contributed by atoms with van der Waals surface area (Å²) in [6.45, 7) is 4.49. The van der Waals surface area contributed by atoms with E-state index in [1.807, 2.05) is 13.8 Å². The monoisotopic (exact) mass is 604 g/mol. The average Bonchev–Trinajstić information content (AvgIpc) is 3.28. The number of carbonyl (C=O) groups is 3. The van der Waals surface area contributed by atoms with Gasteiger partial charge in [-0.15, -0.1) is 0 Å². The molecule has 218 valence electrons. The molecule has 2 aromatic heterocycles. The first-order valence-electron chi connectivity index (χ1n) is 12.7. The van der Waals surface area contributed by atoms with Crippen LogP contribution in [0.1, 0.15) is 85.3 Å². The van der Waals surface area contributed by atoms with Crippen LogP contribution in [0.4, 0.5) is 13.2 Å². The molecule has 0 aromatic carbocycles. The highest BCUT2D eigenvalue weighted by molar-refractivity contribution is 6.39. The van der Waals surface area contributed by atoms with Crippen LogP contribution in [0, 0.1) is 5.41 Å². The molecule has 1 saturated heterocycles. The Labute approximate surface area is 238 Å². The third-order valence-corrected chi connectivity index (χ3v) is 8.17. The number of ketones is 1. The molecular formula is C26H29Cl2F3N4O5. The molecule has 0 spiro atoms. The van der Waals surface area contributed by atoms with E-state index in [-0.39, 0.29) is 47.8 Å². The van der Waals surface area contributed by atoms with Gasteiger partial charge in [0.05, 0.1) is 57.1 Å². The maximum Gasteiger partial charge on any atom is 0.433 e. The Morgan fingerprint density at radius 1 is 1.12 bits per heavy atom. The number of carboxylic acid groups (broad SMARTS) is 1. The first-order chi connectivity index (χ1) is 18.5. The molecule has 2 fully saturated rings. The first-order valence-corrected chi connectivity index (χ1v) is 13.5. The molecule has 14 heteroatoms. The van der Waals surface area contributed by atoms with E-state index in [1.165, 1.54) is 12.4 Å². The molecular weight excluding hydrogens is 576 g/mol.